The third-order valence-corrected chi connectivity index (χ3v) is 5.47. The van der Waals surface area contributed by atoms with Gasteiger partial charge in [-0.15, -0.1) is 0 Å². The minimum atomic E-state index is 0.00266. The van der Waals surface area contributed by atoms with E-state index < -0.39 is 0 Å². The van der Waals surface area contributed by atoms with E-state index in [4.69, 9.17) is 12.2 Å². The maximum absolute atomic E-state index is 12.3. The zero-order valence-corrected chi connectivity index (χ0v) is 16.4. The summed E-state index contributed by atoms with van der Waals surface area (Å²) < 4.78 is 4.46. The van der Waals surface area contributed by atoms with E-state index in [-0.39, 0.29) is 11.9 Å². The zero-order chi connectivity index (χ0) is 19.3. The number of hydrogen-bond acceptors (Lipinski definition) is 4. The first-order chi connectivity index (χ1) is 13.7. The molecule has 1 saturated heterocycles. The second-order valence-corrected chi connectivity index (χ2v) is 7.36. The summed E-state index contributed by atoms with van der Waals surface area (Å²) in [6, 6.07) is 19.6. The van der Waals surface area contributed by atoms with Gasteiger partial charge >= 0.3 is 0 Å². The summed E-state index contributed by atoms with van der Waals surface area (Å²) in [6.07, 6.45) is 3.61. The minimum absolute atomic E-state index is 0.00266. The Morgan fingerprint density at radius 2 is 1.68 bits per heavy atom. The van der Waals surface area contributed by atoms with E-state index in [1.54, 1.807) is 6.33 Å². The van der Waals surface area contributed by atoms with Crippen LogP contribution in [0.5, 0.6) is 0 Å². The Labute approximate surface area is 169 Å². The fourth-order valence-electron chi connectivity index (χ4n) is 3.47. The Morgan fingerprint density at radius 3 is 2.36 bits per heavy atom. The number of benzene rings is 2. The summed E-state index contributed by atoms with van der Waals surface area (Å²) >= 11 is 5.59. The number of aromatic nitrogens is 3. The lowest BCUT2D eigenvalue weighted by Crippen LogP contribution is -2.45. The molecule has 1 fully saturated rings. The van der Waals surface area contributed by atoms with E-state index in [0.717, 1.165) is 31.6 Å². The molecule has 1 aliphatic heterocycles. The SMILES string of the molecule is O=C(NC1CCN(Cn2ncn(-c3ccccc3)c2=S)CC1)c1ccccc1. The van der Waals surface area contributed by atoms with Crippen LogP contribution in [0, 0.1) is 4.77 Å². The lowest BCUT2D eigenvalue weighted by molar-refractivity contribution is 0.0896. The topological polar surface area (TPSA) is 55.1 Å². The van der Waals surface area contributed by atoms with E-state index in [0.29, 0.717) is 17.0 Å². The molecule has 2 heterocycles. The molecule has 0 aliphatic carbocycles. The number of carbonyl (C=O) groups is 1. The molecule has 4 rings (SSSR count). The molecule has 3 aromatic rings. The Bertz CT molecular complexity index is 975. The lowest BCUT2D eigenvalue weighted by Gasteiger charge is -2.32. The highest BCUT2D eigenvalue weighted by molar-refractivity contribution is 7.71. The van der Waals surface area contributed by atoms with E-state index in [1.165, 1.54) is 0 Å². The molecule has 2 aromatic carbocycles. The van der Waals surface area contributed by atoms with Crippen molar-refractivity contribution in [2.24, 2.45) is 0 Å². The van der Waals surface area contributed by atoms with Gasteiger partial charge in [0.1, 0.15) is 6.33 Å². The van der Waals surface area contributed by atoms with Crippen molar-refractivity contribution in [2.75, 3.05) is 13.1 Å². The van der Waals surface area contributed by atoms with Gasteiger partial charge in [0, 0.05) is 30.4 Å². The van der Waals surface area contributed by atoms with E-state index in [9.17, 15) is 4.79 Å². The minimum Gasteiger partial charge on any atom is -0.349 e. The number of piperidine rings is 1. The molecule has 7 heteroatoms. The Hall–Kier alpha value is -2.77. The van der Waals surface area contributed by atoms with Crippen LogP contribution in [0.1, 0.15) is 23.2 Å². The van der Waals surface area contributed by atoms with Crippen molar-refractivity contribution >= 4 is 18.1 Å². The second kappa shape index (κ2) is 8.50. The monoisotopic (exact) mass is 393 g/mol. The molecule has 1 aliphatic rings. The van der Waals surface area contributed by atoms with Crippen LogP contribution in [0.15, 0.2) is 67.0 Å². The number of nitrogens with zero attached hydrogens (tertiary/aromatic N) is 4. The van der Waals surface area contributed by atoms with Crippen molar-refractivity contribution < 1.29 is 4.79 Å². The molecule has 1 N–H and O–H groups in total. The summed E-state index contributed by atoms with van der Waals surface area (Å²) in [6.45, 7) is 2.47. The van der Waals surface area contributed by atoms with Gasteiger partial charge in [0.05, 0.1) is 6.67 Å². The number of para-hydroxylation sites is 1. The predicted molar refractivity (Wildman–Crippen MR) is 111 cm³/mol. The van der Waals surface area contributed by atoms with Gasteiger partial charge in [-0.3, -0.25) is 14.3 Å². The number of likely N-dealkylation sites (tertiary alicyclic amines) is 1. The number of hydrogen-bond donors (Lipinski definition) is 1. The van der Waals surface area contributed by atoms with E-state index >= 15 is 0 Å². The maximum atomic E-state index is 12.3. The third-order valence-electron chi connectivity index (χ3n) is 5.06. The van der Waals surface area contributed by atoms with Crippen molar-refractivity contribution in [2.45, 2.75) is 25.6 Å². The van der Waals surface area contributed by atoms with Gasteiger partial charge in [-0.1, -0.05) is 36.4 Å². The smallest absolute Gasteiger partial charge is 0.251 e. The average molecular weight is 394 g/mol. The summed E-state index contributed by atoms with van der Waals surface area (Å²) in [5.74, 6) is 0.00266. The molecule has 1 amide bonds. The summed E-state index contributed by atoms with van der Waals surface area (Å²) in [4.78, 5) is 14.6. The van der Waals surface area contributed by atoms with Gasteiger partial charge in [-0.2, -0.15) is 5.10 Å². The van der Waals surface area contributed by atoms with Gasteiger partial charge in [0.2, 0.25) is 4.77 Å². The first kappa shape index (κ1) is 18.6. The highest BCUT2D eigenvalue weighted by Crippen LogP contribution is 2.13. The molecule has 0 radical (unpaired) electrons. The van der Waals surface area contributed by atoms with Gasteiger partial charge < -0.3 is 5.32 Å². The van der Waals surface area contributed by atoms with Crippen LogP contribution in [0.25, 0.3) is 5.69 Å². The molecule has 1 aromatic heterocycles. The van der Waals surface area contributed by atoms with Crippen molar-refractivity contribution in [3.8, 4) is 5.69 Å². The second-order valence-electron chi connectivity index (χ2n) is 6.99. The number of rotatable bonds is 5. The summed E-state index contributed by atoms with van der Waals surface area (Å²) in [5.41, 5.74) is 1.73. The van der Waals surface area contributed by atoms with Crippen molar-refractivity contribution in [1.82, 2.24) is 24.6 Å². The third kappa shape index (κ3) is 4.21. The lowest BCUT2D eigenvalue weighted by atomic mass is 10.0. The van der Waals surface area contributed by atoms with Crippen molar-refractivity contribution in [3.05, 3.63) is 77.3 Å². The molecule has 0 spiro atoms. The maximum Gasteiger partial charge on any atom is 0.251 e. The van der Waals surface area contributed by atoms with Crippen LogP contribution in [0.3, 0.4) is 0 Å². The highest BCUT2D eigenvalue weighted by atomic mass is 32.1. The molecule has 28 heavy (non-hydrogen) atoms. The Balaban J connectivity index is 1.32. The number of nitrogens with one attached hydrogen (secondary N) is 1. The van der Waals surface area contributed by atoms with Crippen molar-refractivity contribution in [1.29, 1.82) is 0 Å². The van der Waals surface area contributed by atoms with E-state index in [2.05, 4.69) is 15.3 Å². The predicted octanol–water partition coefficient (Wildman–Crippen LogP) is 3.26. The van der Waals surface area contributed by atoms with Crippen LogP contribution < -0.4 is 5.32 Å². The molecule has 0 saturated carbocycles. The Kier molecular flexibility index (Phi) is 5.64. The van der Waals surface area contributed by atoms with E-state index in [1.807, 2.05) is 69.9 Å². The van der Waals surface area contributed by atoms with Crippen molar-refractivity contribution in [3.63, 3.8) is 0 Å². The Morgan fingerprint density at radius 1 is 1.04 bits per heavy atom. The fraction of sp³-hybridized carbons (Fsp3) is 0.286. The standard InChI is InChI=1S/C21H23N5OS/c27-20(17-7-3-1-4-8-17)23-18-11-13-24(14-12-18)16-26-21(28)25(15-22-26)19-9-5-2-6-10-19/h1-10,15,18H,11-14,16H2,(H,23,27). The molecular weight excluding hydrogens is 370 g/mol. The number of amides is 1. The molecule has 0 bridgehead atoms. The van der Waals surface area contributed by atoms with Crippen LogP contribution in [0.4, 0.5) is 0 Å². The van der Waals surface area contributed by atoms with Gasteiger partial charge in [0.15, 0.2) is 0 Å². The molecule has 0 unspecified atom stereocenters. The molecular formula is C21H23N5OS. The van der Waals surface area contributed by atoms with Gasteiger partial charge in [-0.05, 0) is 49.3 Å². The fourth-order valence-corrected chi connectivity index (χ4v) is 3.72. The highest BCUT2D eigenvalue weighted by Gasteiger charge is 2.21. The normalized spacial score (nSPS) is 15.4. The van der Waals surface area contributed by atoms with Crippen LogP contribution in [0.2, 0.25) is 0 Å². The summed E-state index contributed by atoms with van der Waals surface area (Å²) in [7, 11) is 0. The molecule has 0 atom stereocenters. The number of carbonyl (C=O) groups excluding carboxylic acids is 1. The average Bonchev–Trinajstić information content (AvgIpc) is 3.11. The zero-order valence-electron chi connectivity index (χ0n) is 15.6. The molecule has 144 valence electrons. The largest absolute Gasteiger partial charge is 0.349 e. The van der Waals surface area contributed by atoms with Gasteiger partial charge in [-0.25, -0.2) is 4.68 Å². The quantitative estimate of drug-likeness (QED) is 0.676. The first-order valence-electron chi connectivity index (χ1n) is 9.49. The first-order valence-corrected chi connectivity index (χ1v) is 9.90. The van der Waals surface area contributed by atoms with Gasteiger partial charge in [0.25, 0.3) is 5.91 Å². The van der Waals surface area contributed by atoms with Crippen LogP contribution in [-0.4, -0.2) is 44.3 Å². The summed E-state index contributed by atoms with van der Waals surface area (Å²) in [5, 5.41) is 7.60. The molecule has 6 nitrogen and oxygen atoms in total. The van der Waals surface area contributed by atoms with Crippen LogP contribution >= 0.6 is 12.2 Å². The van der Waals surface area contributed by atoms with Crippen LogP contribution in [-0.2, 0) is 6.67 Å².